The highest BCUT2D eigenvalue weighted by Crippen LogP contribution is 2.32. The number of hydrogen-bond donors (Lipinski definition) is 1. The van der Waals surface area contributed by atoms with E-state index >= 15 is 0 Å². The Morgan fingerprint density at radius 2 is 2.00 bits per heavy atom. The van der Waals surface area contributed by atoms with Crippen LogP contribution in [0.5, 0.6) is 11.5 Å². The molecule has 20 heavy (non-hydrogen) atoms. The van der Waals surface area contributed by atoms with Gasteiger partial charge in [-0.15, -0.1) is 0 Å². The summed E-state index contributed by atoms with van der Waals surface area (Å²) in [6, 6.07) is 11.1. The van der Waals surface area contributed by atoms with Gasteiger partial charge in [-0.05, 0) is 35.9 Å². The minimum absolute atomic E-state index is 0.188. The average Bonchev–Trinajstić information content (AvgIpc) is 2.86. The first-order chi connectivity index (χ1) is 9.70. The molecule has 2 aromatic rings. The smallest absolute Gasteiger partial charge is 0.231 e. The van der Waals surface area contributed by atoms with Crippen molar-refractivity contribution in [3.63, 3.8) is 0 Å². The summed E-state index contributed by atoms with van der Waals surface area (Å²) in [7, 11) is 0. The lowest BCUT2D eigenvalue weighted by Gasteiger charge is -2.06. The third-order valence-electron chi connectivity index (χ3n) is 2.91. The van der Waals surface area contributed by atoms with Crippen molar-refractivity contribution in [3.05, 3.63) is 53.8 Å². The van der Waals surface area contributed by atoms with Crippen molar-refractivity contribution in [2.24, 2.45) is 0 Å². The first-order valence-corrected chi connectivity index (χ1v) is 6.15. The van der Waals surface area contributed by atoms with Crippen LogP contribution < -0.4 is 14.8 Å². The minimum atomic E-state index is -0.383. The van der Waals surface area contributed by atoms with Gasteiger partial charge in [-0.1, -0.05) is 12.1 Å². The number of carbonyl (C=O) groups excluding carboxylic acids is 1. The lowest BCUT2D eigenvalue weighted by molar-refractivity contribution is -0.115. The SMILES string of the molecule is O=C(Cc1ccc2c(c1)OCO2)Nc1cccc(F)c1. The number of benzene rings is 2. The molecule has 0 saturated carbocycles. The molecule has 102 valence electrons. The number of carbonyl (C=O) groups is 1. The normalized spacial score (nSPS) is 12.2. The van der Waals surface area contributed by atoms with Crippen molar-refractivity contribution in [1.82, 2.24) is 0 Å². The molecule has 1 aliphatic rings. The number of rotatable bonds is 3. The quantitative estimate of drug-likeness (QED) is 0.935. The van der Waals surface area contributed by atoms with Crippen LogP contribution in [0.4, 0.5) is 10.1 Å². The standard InChI is InChI=1S/C15H12FNO3/c16-11-2-1-3-12(8-11)17-15(18)7-10-4-5-13-14(6-10)20-9-19-13/h1-6,8H,7,9H2,(H,17,18). The maximum Gasteiger partial charge on any atom is 0.231 e. The molecule has 0 fully saturated rings. The molecular weight excluding hydrogens is 261 g/mol. The van der Waals surface area contributed by atoms with Gasteiger partial charge in [0.05, 0.1) is 6.42 Å². The van der Waals surface area contributed by atoms with Gasteiger partial charge in [0, 0.05) is 5.69 Å². The molecule has 1 amide bonds. The zero-order valence-electron chi connectivity index (χ0n) is 10.6. The summed E-state index contributed by atoms with van der Waals surface area (Å²) in [5.41, 5.74) is 1.25. The van der Waals surface area contributed by atoms with Gasteiger partial charge < -0.3 is 14.8 Å². The summed E-state index contributed by atoms with van der Waals surface area (Å²) in [6.45, 7) is 0.203. The van der Waals surface area contributed by atoms with E-state index in [1.165, 1.54) is 12.1 Å². The van der Waals surface area contributed by atoms with Crippen molar-refractivity contribution >= 4 is 11.6 Å². The second-order valence-corrected chi connectivity index (χ2v) is 4.42. The maximum atomic E-state index is 13.0. The van der Waals surface area contributed by atoms with E-state index in [4.69, 9.17) is 9.47 Å². The van der Waals surface area contributed by atoms with Crippen LogP contribution in [0.25, 0.3) is 0 Å². The van der Waals surface area contributed by atoms with Crippen LogP contribution in [0, 0.1) is 5.82 Å². The van der Waals surface area contributed by atoms with Gasteiger partial charge in [0.25, 0.3) is 0 Å². The Balaban J connectivity index is 1.67. The van der Waals surface area contributed by atoms with Crippen molar-refractivity contribution in [1.29, 1.82) is 0 Å². The Bertz CT molecular complexity index is 657. The van der Waals surface area contributed by atoms with E-state index in [1.807, 2.05) is 0 Å². The lowest BCUT2D eigenvalue weighted by atomic mass is 10.1. The molecule has 1 aliphatic heterocycles. The summed E-state index contributed by atoms with van der Waals surface area (Å²) in [5, 5.41) is 2.65. The predicted octanol–water partition coefficient (Wildman–Crippen LogP) is 2.74. The number of hydrogen-bond acceptors (Lipinski definition) is 3. The topological polar surface area (TPSA) is 47.6 Å². The molecule has 3 rings (SSSR count). The fourth-order valence-electron chi connectivity index (χ4n) is 2.01. The molecular formula is C15H12FNO3. The van der Waals surface area contributed by atoms with Gasteiger partial charge in [0.15, 0.2) is 11.5 Å². The first kappa shape index (κ1) is 12.5. The van der Waals surface area contributed by atoms with Crippen molar-refractivity contribution in [2.45, 2.75) is 6.42 Å². The summed E-state index contributed by atoms with van der Waals surface area (Å²) < 4.78 is 23.5. The second-order valence-electron chi connectivity index (χ2n) is 4.42. The molecule has 1 heterocycles. The van der Waals surface area contributed by atoms with Crippen LogP contribution in [-0.2, 0) is 11.2 Å². The third-order valence-corrected chi connectivity index (χ3v) is 2.91. The number of fused-ring (bicyclic) bond motifs is 1. The van der Waals surface area contributed by atoms with E-state index in [0.717, 1.165) is 5.56 Å². The molecule has 0 spiro atoms. The molecule has 0 unspecified atom stereocenters. The molecule has 0 aliphatic carbocycles. The van der Waals surface area contributed by atoms with Crippen LogP contribution in [-0.4, -0.2) is 12.7 Å². The molecule has 0 saturated heterocycles. The van der Waals surface area contributed by atoms with Gasteiger partial charge in [-0.3, -0.25) is 4.79 Å². The monoisotopic (exact) mass is 273 g/mol. The largest absolute Gasteiger partial charge is 0.454 e. The van der Waals surface area contributed by atoms with E-state index in [0.29, 0.717) is 17.2 Å². The van der Waals surface area contributed by atoms with Gasteiger partial charge >= 0.3 is 0 Å². The Morgan fingerprint density at radius 3 is 2.85 bits per heavy atom. The summed E-state index contributed by atoms with van der Waals surface area (Å²) in [4.78, 5) is 11.9. The molecule has 0 atom stereocenters. The highest BCUT2D eigenvalue weighted by atomic mass is 19.1. The molecule has 2 aromatic carbocycles. The summed E-state index contributed by atoms with van der Waals surface area (Å²) >= 11 is 0. The highest BCUT2D eigenvalue weighted by Gasteiger charge is 2.14. The number of nitrogens with one attached hydrogen (secondary N) is 1. The van der Waals surface area contributed by atoms with Crippen LogP contribution in [0.1, 0.15) is 5.56 Å². The van der Waals surface area contributed by atoms with Crippen molar-refractivity contribution in [3.8, 4) is 11.5 Å². The maximum absolute atomic E-state index is 13.0. The Kier molecular flexibility index (Phi) is 3.25. The molecule has 0 bridgehead atoms. The molecule has 4 nitrogen and oxygen atoms in total. The van der Waals surface area contributed by atoms with Gasteiger partial charge in [-0.25, -0.2) is 4.39 Å². The minimum Gasteiger partial charge on any atom is -0.454 e. The average molecular weight is 273 g/mol. The van der Waals surface area contributed by atoms with E-state index in [9.17, 15) is 9.18 Å². The zero-order valence-corrected chi connectivity index (χ0v) is 10.6. The number of anilines is 1. The number of ether oxygens (including phenoxy) is 2. The summed E-state index contributed by atoms with van der Waals surface area (Å²) in [5.74, 6) is 0.723. The van der Waals surface area contributed by atoms with Crippen molar-refractivity contribution in [2.75, 3.05) is 12.1 Å². The van der Waals surface area contributed by atoms with Crippen LogP contribution in [0.15, 0.2) is 42.5 Å². The second kappa shape index (κ2) is 5.21. The van der Waals surface area contributed by atoms with E-state index in [1.54, 1.807) is 30.3 Å². The third kappa shape index (κ3) is 2.71. The molecule has 0 aromatic heterocycles. The fraction of sp³-hybridized carbons (Fsp3) is 0.133. The Morgan fingerprint density at radius 1 is 1.15 bits per heavy atom. The molecule has 1 N–H and O–H groups in total. The first-order valence-electron chi connectivity index (χ1n) is 6.15. The van der Waals surface area contributed by atoms with Crippen LogP contribution in [0.3, 0.4) is 0 Å². The van der Waals surface area contributed by atoms with E-state index < -0.39 is 0 Å². The van der Waals surface area contributed by atoms with Crippen LogP contribution >= 0.6 is 0 Å². The van der Waals surface area contributed by atoms with Crippen LogP contribution in [0.2, 0.25) is 0 Å². The predicted molar refractivity (Wildman–Crippen MR) is 71.3 cm³/mol. The van der Waals surface area contributed by atoms with E-state index in [2.05, 4.69) is 5.32 Å². The van der Waals surface area contributed by atoms with Gasteiger partial charge in [0.2, 0.25) is 12.7 Å². The zero-order chi connectivity index (χ0) is 13.9. The number of halogens is 1. The molecule has 5 heteroatoms. The highest BCUT2D eigenvalue weighted by molar-refractivity contribution is 5.92. The van der Waals surface area contributed by atoms with Gasteiger partial charge in [-0.2, -0.15) is 0 Å². The van der Waals surface area contributed by atoms with E-state index in [-0.39, 0.29) is 24.9 Å². The van der Waals surface area contributed by atoms with Crippen molar-refractivity contribution < 1.29 is 18.7 Å². The Hall–Kier alpha value is -2.56. The summed E-state index contributed by atoms with van der Waals surface area (Å²) in [6.07, 6.45) is 0.188. The number of amides is 1. The fourth-order valence-corrected chi connectivity index (χ4v) is 2.01. The Labute approximate surface area is 115 Å². The lowest BCUT2D eigenvalue weighted by Crippen LogP contribution is -2.14. The molecule has 0 radical (unpaired) electrons. The van der Waals surface area contributed by atoms with Gasteiger partial charge in [0.1, 0.15) is 5.82 Å².